The molecule has 1 amide bonds. The second-order valence-corrected chi connectivity index (χ2v) is 7.40. The Balaban J connectivity index is 1.71. The number of non-ortho nitro benzene ring substituents is 1. The summed E-state index contributed by atoms with van der Waals surface area (Å²) in [5, 5.41) is 11.2. The van der Waals surface area contributed by atoms with Gasteiger partial charge in [0.15, 0.2) is 0 Å². The van der Waals surface area contributed by atoms with Gasteiger partial charge in [0.1, 0.15) is 6.61 Å². The Bertz CT molecular complexity index is 948. The number of nitro groups is 1. The number of ether oxygens (including phenoxy) is 1. The lowest BCUT2D eigenvalue weighted by Gasteiger charge is -2.23. The highest BCUT2D eigenvalue weighted by Crippen LogP contribution is 2.26. The van der Waals surface area contributed by atoms with Crippen LogP contribution in [0.25, 0.3) is 0 Å². The van der Waals surface area contributed by atoms with E-state index in [4.69, 9.17) is 4.74 Å². The van der Waals surface area contributed by atoms with Crippen molar-refractivity contribution in [1.82, 2.24) is 4.90 Å². The first kappa shape index (κ1) is 22.3. The Morgan fingerprint density at radius 3 is 2.29 bits per heavy atom. The molecule has 0 spiro atoms. The van der Waals surface area contributed by atoms with Gasteiger partial charge in [-0.25, -0.2) is 4.79 Å². The maximum absolute atomic E-state index is 12.8. The zero-order valence-electron chi connectivity index (χ0n) is 17.9. The van der Waals surface area contributed by atoms with Gasteiger partial charge < -0.3 is 14.5 Å². The van der Waals surface area contributed by atoms with Crippen LogP contribution in [0, 0.1) is 10.1 Å². The Hall–Kier alpha value is -3.42. The highest BCUT2D eigenvalue weighted by atomic mass is 16.6. The number of nitro benzene ring substituents is 1. The van der Waals surface area contributed by atoms with Crippen LogP contribution in [0.15, 0.2) is 42.5 Å². The van der Waals surface area contributed by atoms with Gasteiger partial charge in [0.05, 0.1) is 16.2 Å². The second-order valence-electron chi connectivity index (χ2n) is 7.40. The van der Waals surface area contributed by atoms with Crippen LogP contribution in [0.3, 0.4) is 0 Å². The van der Waals surface area contributed by atoms with Gasteiger partial charge in [-0.15, -0.1) is 0 Å². The van der Waals surface area contributed by atoms with E-state index in [1.54, 1.807) is 30.3 Å². The predicted molar refractivity (Wildman–Crippen MR) is 117 cm³/mol. The number of carbonyl (C=O) groups is 2. The molecule has 31 heavy (non-hydrogen) atoms. The molecule has 0 unspecified atom stereocenters. The number of likely N-dealkylation sites (tertiary alicyclic amines) is 1. The molecule has 1 heterocycles. The number of hydrogen-bond donors (Lipinski definition) is 0. The van der Waals surface area contributed by atoms with Crippen molar-refractivity contribution in [2.75, 3.05) is 31.1 Å². The first-order chi connectivity index (χ1) is 14.9. The van der Waals surface area contributed by atoms with Gasteiger partial charge in [-0.05, 0) is 50.5 Å². The zero-order chi connectivity index (χ0) is 22.4. The fraction of sp³-hybridized carbons (Fsp3) is 0.391. The van der Waals surface area contributed by atoms with Crippen molar-refractivity contribution in [2.45, 2.75) is 33.3 Å². The van der Waals surface area contributed by atoms with Crippen molar-refractivity contribution in [3.8, 4) is 0 Å². The smallest absolute Gasteiger partial charge is 0.340 e. The van der Waals surface area contributed by atoms with E-state index in [0.29, 0.717) is 24.3 Å². The van der Waals surface area contributed by atoms with Gasteiger partial charge in [0, 0.05) is 43.9 Å². The molecule has 0 aliphatic carbocycles. The maximum atomic E-state index is 12.8. The second kappa shape index (κ2) is 10.1. The highest BCUT2D eigenvalue weighted by Gasteiger charge is 2.21. The van der Waals surface area contributed by atoms with Crippen LogP contribution in [0.1, 0.15) is 53.0 Å². The van der Waals surface area contributed by atoms with Gasteiger partial charge in [0.25, 0.3) is 11.6 Å². The molecule has 0 radical (unpaired) electrons. The number of nitrogens with zero attached hydrogens (tertiary/aromatic N) is 3. The van der Waals surface area contributed by atoms with Gasteiger partial charge in [-0.2, -0.15) is 0 Å². The summed E-state index contributed by atoms with van der Waals surface area (Å²) < 4.78 is 5.45. The summed E-state index contributed by atoms with van der Waals surface area (Å²) in [5.41, 5.74) is 1.96. The van der Waals surface area contributed by atoms with Crippen LogP contribution in [-0.4, -0.2) is 47.9 Å². The average Bonchev–Trinajstić information content (AvgIpc) is 3.33. The first-order valence-electron chi connectivity index (χ1n) is 10.5. The standard InChI is InChI=1S/C23H27N3O5/c1-3-24(4-2)21-12-11-19(26(29)30)15-20(21)23(28)31-16-17-7-9-18(10-8-17)22(27)25-13-5-6-14-25/h7-12,15H,3-6,13-14,16H2,1-2H3. The van der Waals surface area contributed by atoms with Gasteiger partial charge in [0.2, 0.25) is 0 Å². The van der Waals surface area contributed by atoms with E-state index in [1.165, 1.54) is 12.1 Å². The van der Waals surface area contributed by atoms with E-state index < -0.39 is 10.9 Å². The normalized spacial score (nSPS) is 13.2. The number of benzene rings is 2. The number of rotatable bonds is 8. The molecule has 164 valence electrons. The van der Waals surface area contributed by atoms with Crippen molar-refractivity contribution in [1.29, 1.82) is 0 Å². The summed E-state index contributed by atoms with van der Waals surface area (Å²) in [4.78, 5) is 39.6. The third-order valence-electron chi connectivity index (χ3n) is 5.48. The van der Waals surface area contributed by atoms with Crippen molar-refractivity contribution >= 4 is 23.3 Å². The van der Waals surface area contributed by atoms with Crippen molar-refractivity contribution < 1.29 is 19.2 Å². The minimum Gasteiger partial charge on any atom is -0.457 e. The fourth-order valence-electron chi connectivity index (χ4n) is 3.71. The van der Waals surface area contributed by atoms with E-state index in [1.807, 2.05) is 23.6 Å². The van der Waals surface area contributed by atoms with E-state index in [-0.39, 0.29) is 23.8 Å². The Labute approximate surface area is 181 Å². The van der Waals surface area contributed by atoms with Gasteiger partial charge >= 0.3 is 5.97 Å². The van der Waals surface area contributed by atoms with Crippen molar-refractivity contribution in [3.63, 3.8) is 0 Å². The quantitative estimate of drug-likeness (QED) is 0.360. The third kappa shape index (κ3) is 5.20. The van der Waals surface area contributed by atoms with Crippen molar-refractivity contribution in [3.05, 3.63) is 69.3 Å². The van der Waals surface area contributed by atoms with Crippen LogP contribution in [-0.2, 0) is 11.3 Å². The molecule has 0 N–H and O–H groups in total. The molecular weight excluding hydrogens is 398 g/mol. The molecule has 2 aromatic carbocycles. The molecule has 0 aromatic heterocycles. The average molecular weight is 425 g/mol. The van der Waals surface area contributed by atoms with Crippen LogP contribution in [0.2, 0.25) is 0 Å². The van der Waals surface area contributed by atoms with Crippen LogP contribution >= 0.6 is 0 Å². The molecule has 8 nitrogen and oxygen atoms in total. The van der Waals surface area contributed by atoms with E-state index in [9.17, 15) is 19.7 Å². The predicted octanol–water partition coefficient (Wildman–Crippen LogP) is 4.03. The number of hydrogen-bond acceptors (Lipinski definition) is 6. The Morgan fingerprint density at radius 1 is 1.06 bits per heavy atom. The molecule has 3 rings (SSSR count). The summed E-state index contributed by atoms with van der Waals surface area (Å²) in [5.74, 6) is -0.607. The lowest BCUT2D eigenvalue weighted by Crippen LogP contribution is -2.27. The molecule has 1 aliphatic heterocycles. The number of anilines is 1. The first-order valence-corrected chi connectivity index (χ1v) is 10.5. The molecule has 0 saturated carbocycles. The summed E-state index contributed by atoms with van der Waals surface area (Å²) in [6.07, 6.45) is 2.07. The molecule has 1 saturated heterocycles. The topological polar surface area (TPSA) is 93.0 Å². The zero-order valence-corrected chi connectivity index (χ0v) is 17.9. The largest absolute Gasteiger partial charge is 0.457 e. The van der Waals surface area contributed by atoms with Gasteiger partial charge in [-0.1, -0.05) is 12.1 Å². The summed E-state index contributed by atoms with van der Waals surface area (Å²) in [7, 11) is 0. The maximum Gasteiger partial charge on any atom is 0.340 e. The summed E-state index contributed by atoms with van der Waals surface area (Å²) >= 11 is 0. The lowest BCUT2D eigenvalue weighted by atomic mass is 10.1. The van der Waals surface area contributed by atoms with E-state index in [0.717, 1.165) is 31.5 Å². The van der Waals surface area contributed by atoms with Gasteiger partial charge in [-0.3, -0.25) is 14.9 Å². The van der Waals surface area contributed by atoms with Crippen LogP contribution in [0.5, 0.6) is 0 Å². The molecule has 0 bridgehead atoms. The summed E-state index contributed by atoms with van der Waals surface area (Å²) in [6.45, 7) is 6.79. The monoisotopic (exact) mass is 425 g/mol. The van der Waals surface area contributed by atoms with E-state index >= 15 is 0 Å². The minimum absolute atomic E-state index is 0.0113. The lowest BCUT2D eigenvalue weighted by molar-refractivity contribution is -0.384. The number of esters is 1. The number of amides is 1. The van der Waals surface area contributed by atoms with Crippen molar-refractivity contribution in [2.24, 2.45) is 0 Å². The summed E-state index contributed by atoms with van der Waals surface area (Å²) in [6, 6.07) is 11.2. The Kier molecular flexibility index (Phi) is 7.23. The molecule has 2 aromatic rings. The molecule has 1 aliphatic rings. The molecule has 0 atom stereocenters. The third-order valence-corrected chi connectivity index (χ3v) is 5.48. The highest BCUT2D eigenvalue weighted by molar-refractivity contribution is 5.97. The molecular formula is C23H27N3O5. The number of carbonyl (C=O) groups excluding carboxylic acids is 2. The minimum atomic E-state index is -0.622. The van der Waals surface area contributed by atoms with E-state index in [2.05, 4.69) is 0 Å². The van der Waals surface area contributed by atoms with Crippen LogP contribution in [0.4, 0.5) is 11.4 Å². The van der Waals surface area contributed by atoms with Crippen LogP contribution < -0.4 is 4.90 Å². The Morgan fingerprint density at radius 2 is 1.71 bits per heavy atom. The molecule has 8 heteroatoms. The molecule has 1 fully saturated rings. The SMILES string of the molecule is CCN(CC)c1ccc([N+](=O)[O-])cc1C(=O)OCc1ccc(C(=O)N2CCCC2)cc1. The fourth-order valence-corrected chi connectivity index (χ4v) is 3.71.